The lowest BCUT2D eigenvalue weighted by molar-refractivity contribution is -0.256. The first-order valence-electron chi connectivity index (χ1n) is 24.4. The van der Waals surface area contributed by atoms with Crippen LogP contribution in [0, 0.1) is 17.8 Å². The number of nitrogens with zero attached hydrogens (tertiary/aromatic N) is 2. The van der Waals surface area contributed by atoms with Crippen molar-refractivity contribution in [1.29, 1.82) is 0 Å². The van der Waals surface area contributed by atoms with Crippen molar-refractivity contribution in [3.05, 3.63) is 127 Å². The molecule has 1 aliphatic heterocycles. The fraction of sp³-hybridized carbons (Fsp3) is 0.446. The van der Waals surface area contributed by atoms with Gasteiger partial charge in [-0.1, -0.05) is 78.7 Å². The molecule has 374 valence electrons. The predicted molar refractivity (Wildman–Crippen MR) is 271 cm³/mol. The lowest BCUT2D eigenvalue weighted by Crippen LogP contribution is -2.70. The first-order valence-corrected chi connectivity index (χ1v) is 24.4. The Kier molecular flexibility index (Phi) is 17.3. The highest BCUT2D eigenvalue weighted by atomic mass is 16.7. The van der Waals surface area contributed by atoms with Crippen molar-refractivity contribution in [2.75, 3.05) is 46.0 Å². The van der Waals surface area contributed by atoms with Crippen molar-refractivity contribution >= 4 is 34.4 Å². The number of carbonyl (C=O) groups excluding carboxylic acids is 2. The Bertz CT molecular complexity index is 2530. The molecule has 0 unspecified atom stereocenters. The third-order valence-electron chi connectivity index (χ3n) is 13.3. The molecule has 14 heteroatoms. The number of aliphatic hydroxyl groups excluding tert-OH is 2. The van der Waals surface area contributed by atoms with Gasteiger partial charge in [0.05, 0.1) is 51.3 Å². The van der Waals surface area contributed by atoms with Gasteiger partial charge in [0.2, 0.25) is 5.79 Å². The smallest absolute Gasteiger partial charge is 0.417 e. The van der Waals surface area contributed by atoms with Gasteiger partial charge in [0.25, 0.3) is 0 Å². The van der Waals surface area contributed by atoms with Crippen LogP contribution < -0.4 is 24.3 Å². The lowest BCUT2D eigenvalue weighted by atomic mass is 9.55. The van der Waals surface area contributed by atoms with Gasteiger partial charge >= 0.3 is 12.2 Å². The molecule has 0 spiro atoms. The summed E-state index contributed by atoms with van der Waals surface area (Å²) in [6, 6.07) is 23.7. The predicted octanol–water partition coefficient (Wildman–Crippen LogP) is 11.1. The molecule has 2 aliphatic carbocycles. The van der Waals surface area contributed by atoms with Gasteiger partial charge in [-0.25, -0.2) is 9.59 Å². The van der Waals surface area contributed by atoms with Crippen LogP contribution in [0.25, 0.3) is 10.8 Å². The van der Waals surface area contributed by atoms with Gasteiger partial charge in [-0.3, -0.25) is 10.2 Å². The van der Waals surface area contributed by atoms with E-state index in [9.17, 15) is 19.8 Å². The highest BCUT2D eigenvalue weighted by molar-refractivity contribution is 6.03. The zero-order valence-corrected chi connectivity index (χ0v) is 41.2. The van der Waals surface area contributed by atoms with E-state index in [0.717, 1.165) is 46.7 Å². The summed E-state index contributed by atoms with van der Waals surface area (Å²) >= 11 is 0. The van der Waals surface area contributed by atoms with Crippen LogP contribution in [0.3, 0.4) is 0 Å². The number of unbranched alkanes of at least 4 members (excludes halogenated alkanes) is 2. The molecule has 6 atom stereocenters. The third kappa shape index (κ3) is 11.6. The van der Waals surface area contributed by atoms with Gasteiger partial charge < -0.3 is 43.5 Å². The van der Waals surface area contributed by atoms with E-state index in [2.05, 4.69) is 24.6 Å². The number of allylic oxidation sites excluding steroid dienone is 1. The van der Waals surface area contributed by atoms with E-state index in [1.807, 2.05) is 69.3 Å². The second kappa shape index (κ2) is 23.5. The first kappa shape index (κ1) is 51.5. The summed E-state index contributed by atoms with van der Waals surface area (Å²) < 4.78 is 37.6. The van der Waals surface area contributed by atoms with Crippen molar-refractivity contribution in [1.82, 2.24) is 4.90 Å². The molecular weight excluding hydrogens is 891 g/mol. The van der Waals surface area contributed by atoms with Crippen LogP contribution in [0.4, 0.5) is 15.3 Å². The number of hydrogen-bond acceptors (Lipinski definition) is 12. The molecule has 1 heterocycles. The van der Waals surface area contributed by atoms with Crippen molar-refractivity contribution in [3.8, 4) is 23.0 Å². The maximum atomic E-state index is 15.0. The average Bonchev–Trinajstić information content (AvgIpc) is 3.35. The topological polar surface area (TPSA) is 167 Å². The maximum Gasteiger partial charge on any atom is 0.417 e. The number of aliphatic hydroxyl groups is 2. The van der Waals surface area contributed by atoms with Crippen LogP contribution in [-0.2, 0) is 20.9 Å². The number of ether oxygens (including phenoxy) is 6. The molecule has 0 bridgehead atoms. The summed E-state index contributed by atoms with van der Waals surface area (Å²) in [4.78, 5) is 36.7. The van der Waals surface area contributed by atoms with E-state index < -0.39 is 35.5 Å². The monoisotopic (exact) mass is 959 g/mol. The number of benzene rings is 4. The van der Waals surface area contributed by atoms with Crippen LogP contribution in [0.1, 0.15) is 89.2 Å². The molecule has 0 saturated heterocycles. The molecule has 1 saturated carbocycles. The number of oxime groups is 1. The summed E-state index contributed by atoms with van der Waals surface area (Å²) in [5.74, 6) is -0.917. The molecule has 2 amide bonds. The molecule has 3 aliphatic rings. The van der Waals surface area contributed by atoms with Crippen LogP contribution in [0.2, 0.25) is 0 Å². The minimum absolute atomic E-state index is 0.0213. The Morgan fingerprint density at radius 2 is 1.67 bits per heavy atom. The Balaban J connectivity index is 1.44. The van der Waals surface area contributed by atoms with Crippen LogP contribution in [-0.4, -0.2) is 91.1 Å². The zero-order chi connectivity index (χ0) is 49.8. The number of fused-ring (bicyclic) bond motifs is 3. The largest absolute Gasteiger partial charge is 0.497 e. The molecule has 0 aromatic heterocycles. The summed E-state index contributed by atoms with van der Waals surface area (Å²) in [6.45, 7) is 14.2. The van der Waals surface area contributed by atoms with Crippen molar-refractivity contribution in [2.45, 2.75) is 102 Å². The van der Waals surface area contributed by atoms with Crippen molar-refractivity contribution < 1.29 is 53.1 Å². The van der Waals surface area contributed by atoms with E-state index >= 15 is 0 Å². The Morgan fingerprint density at radius 1 is 0.914 bits per heavy atom. The van der Waals surface area contributed by atoms with Gasteiger partial charge in [-0.05, 0) is 117 Å². The summed E-state index contributed by atoms with van der Waals surface area (Å²) in [6.07, 6.45) is 9.20. The average molecular weight is 960 g/mol. The van der Waals surface area contributed by atoms with E-state index in [4.69, 9.17) is 38.4 Å². The molecule has 3 N–H and O–H groups in total. The first-order chi connectivity index (χ1) is 33.9. The van der Waals surface area contributed by atoms with Crippen molar-refractivity contribution in [2.24, 2.45) is 22.9 Å². The van der Waals surface area contributed by atoms with E-state index in [1.165, 1.54) is 7.11 Å². The zero-order valence-electron chi connectivity index (χ0n) is 41.2. The minimum atomic E-state index is -1.56. The third-order valence-corrected chi connectivity index (χ3v) is 13.3. The van der Waals surface area contributed by atoms with Gasteiger partial charge in [-0.15, -0.1) is 13.2 Å². The van der Waals surface area contributed by atoms with Crippen molar-refractivity contribution in [3.63, 3.8) is 0 Å². The minimum Gasteiger partial charge on any atom is -0.497 e. The molecule has 1 fully saturated rings. The molecular formula is C56H69N3O11. The van der Waals surface area contributed by atoms with Gasteiger partial charge in [0.15, 0.2) is 0 Å². The Morgan fingerprint density at radius 3 is 2.40 bits per heavy atom. The molecule has 14 nitrogen and oxygen atoms in total. The number of nitrogens with one attached hydrogen (secondary N) is 1. The standard InChI is InChI=1S/C56H69N3O11/c1-8-10-31-66-54(63)59(36-39-21-17-20-37-18-11-12-22-42(37)39)50-35-47(58-70-55(3,4)5)44-32-38(19-13-15-28-60)43(23-14-16-29-61)51-45-33-41(25-27-48(45)69-56(50,52(44)51)67-30-9-2)68-53(62)57-46-26-24-40(64-6)34-49(46)65-7/h8-9,11-12,17-18,20-22,24-27,32-34,38,43,50-52,60-61H,1-2,10,13-16,19,23,28-31,35-36H2,3-7H3,(H,57,62)/t38-,43+,50-,51+,52+,56+/m0/s1. The highest BCUT2D eigenvalue weighted by Crippen LogP contribution is 2.62. The molecule has 4 aromatic carbocycles. The number of anilines is 1. The highest BCUT2D eigenvalue weighted by Gasteiger charge is 2.66. The van der Waals surface area contributed by atoms with E-state index in [1.54, 1.807) is 54.5 Å². The number of methoxy groups -OCH3 is 2. The second-order valence-corrected chi connectivity index (χ2v) is 19.0. The molecule has 4 aromatic rings. The number of hydrogen-bond donors (Lipinski definition) is 3. The van der Waals surface area contributed by atoms with Crippen LogP contribution >= 0.6 is 0 Å². The molecule has 0 radical (unpaired) electrons. The Hall–Kier alpha value is -6.35. The van der Waals surface area contributed by atoms with Crippen LogP contribution in [0.15, 0.2) is 121 Å². The Labute approximate surface area is 411 Å². The number of rotatable bonds is 22. The lowest BCUT2D eigenvalue weighted by Gasteiger charge is -2.60. The number of carbonyl (C=O) groups is 2. The second-order valence-electron chi connectivity index (χ2n) is 19.0. The van der Waals surface area contributed by atoms with E-state index in [-0.39, 0.29) is 62.9 Å². The normalized spacial score (nSPS) is 21.8. The van der Waals surface area contributed by atoms with Gasteiger partial charge in [0, 0.05) is 37.2 Å². The molecule has 70 heavy (non-hydrogen) atoms. The number of amides is 2. The van der Waals surface area contributed by atoms with Crippen LogP contribution in [0.5, 0.6) is 23.0 Å². The fourth-order valence-electron chi connectivity index (χ4n) is 10.3. The fourth-order valence-corrected chi connectivity index (χ4v) is 10.3. The van der Waals surface area contributed by atoms with Gasteiger partial charge in [-0.2, -0.15) is 0 Å². The molecule has 7 rings (SSSR count). The van der Waals surface area contributed by atoms with E-state index in [0.29, 0.717) is 54.3 Å². The quantitative estimate of drug-likeness (QED) is 0.0390. The maximum absolute atomic E-state index is 15.0. The SMILES string of the molecule is C=CCCOC(=O)N(Cc1cccc2ccccc12)[C@H]1CC(=NOC(C)(C)C)C2=C[C@H](CCCCO)[C@@H](CCCCO)[C@@H]3c4cc(OC(=O)Nc5ccc(OC)cc5OC)ccc4O[C@@]1(OCC=C)[C@H]23. The summed E-state index contributed by atoms with van der Waals surface area (Å²) in [5.41, 5.74) is 2.93. The van der Waals surface area contributed by atoms with Gasteiger partial charge in [0.1, 0.15) is 34.6 Å². The summed E-state index contributed by atoms with van der Waals surface area (Å²) in [5, 5.41) is 29.9. The summed E-state index contributed by atoms with van der Waals surface area (Å²) in [7, 11) is 3.05.